The van der Waals surface area contributed by atoms with Gasteiger partial charge in [0.05, 0.1) is 10.6 Å². The minimum absolute atomic E-state index is 0.00356. The number of carbonyl (C=O) groups is 2. The van der Waals surface area contributed by atoms with Gasteiger partial charge in [-0.1, -0.05) is 25.1 Å². The van der Waals surface area contributed by atoms with Crippen molar-refractivity contribution in [2.24, 2.45) is 5.92 Å². The average Bonchev–Trinajstić information content (AvgIpc) is 3.17. The molecule has 0 N–H and O–H groups in total. The van der Waals surface area contributed by atoms with E-state index in [-0.39, 0.29) is 17.7 Å². The summed E-state index contributed by atoms with van der Waals surface area (Å²) in [5.74, 6) is 0.325. The Bertz CT molecular complexity index is 813. The summed E-state index contributed by atoms with van der Waals surface area (Å²) in [5, 5.41) is 2.44. The largest absolute Gasteiger partial charge is 0.338 e. The molecule has 1 unspecified atom stereocenters. The lowest BCUT2D eigenvalue weighted by atomic mass is 9.94. The monoisotopic (exact) mass is 400 g/mol. The van der Waals surface area contributed by atoms with Crippen molar-refractivity contribution in [1.82, 2.24) is 4.90 Å². The van der Waals surface area contributed by atoms with Crippen LogP contribution in [0.3, 0.4) is 0 Å². The number of benzene rings is 1. The molecule has 2 aliphatic rings. The summed E-state index contributed by atoms with van der Waals surface area (Å²) < 4.78 is 0. The smallest absolute Gasteiger partial charge is 0.263 e. The predicted octanol–water partition coefficient (Wildman–Crippen LogP) is 4.52. The Balaban J connectivity index is 1.44. The quantitative estimate of drug-likeness (QED) is 0.744. The molecular weight excluding hydrogens is 376 g/mol. The molecule has 6 heteroatoms. The van der Waals surface area contributed by atoms with Crippen LogP contribution in [0.15, 0.2) is 46.7 Å². The molecule has 4 nitrogen and oxygen atoms in total. The minimum atomic E-state index is 0.00356. The van der Waals surface area contributed by atoms with Crippen molar-refractivity contribution in [2.75, 3.05) is 24.5 Å². The Hall–Kier alpha value is -1.79. The van der Waals surface area contributed by atoms with Crippen LogP contribution < -0.4 is 4.90 Å². The van der Waals surface area contributed by atoms with Gasteiger partial charge in [-0.25, -0.2) is 0 Å². The molecule has 27 heavy (non-hydrogen) atoms. The summed E-state index contributed by atoms with van der Waals surface area (Å²) >= 11 is 3.34. The molecule has 0 spiro atoms. The highest BCUT2D eigenvalue weighted by Gasteiger charge is 2.33. The van der Waals surface area contributed by atoms with E-state index in [1.165, 1.54) is 16.2 Å². The van der Waals surface area contributed by atoms with Crippen molar-refractivity contribution >= 4 is 40.6 Å². The van der Waals surface area contributed by atoms with E-state index >= 15 is 0 Å². The molecule has 0 bridgehead atoms. The third-order valence-corrected chi connectivity index (χ3v) is 7.47. The van der Waals surface area contributed by atoms with Gasteiger partial charge in [-0.15, -0.1) is 23.1 Å². The van der Waals surface area contributed by atoms with Crippen LogP contribution in [0.25, 0.3) is 0 Å². The number of para-hydroxylation sites is 1. The summed E-state index contributed by atoms with van der Waals surface area (Å²) in [6, 6.07) is 12.0. The van der Waals surface area contributed by atoms with Gasteiger partial charge in [-0.3, -0.25) is 9.59 Å². The van der Waals surface area contributed by atoms with E-state index in [0.29, 0.717) is 18.3 Å². The van der Waals surface area contributed by atoms with Gasteiger partial charge in [-0.2, -0.15) is 0 Å². The second kappa shape index (κ2) is 8.07. The number of nitrogens with zero attached hydrogens (tertiary/aromatic N) is 2. The molecule has 4 rings (SSSR count). The minimum Gasteiger partial charge on any atom is -0.338 e. The van der Waals surface area contributed by atoms with Crippen LogP contribution in [0.5, 0.6) is 0 Å². The van der Waals surface area contributed by atoms with E-state index in [9.17, 15) is 9.59 Å². The van der Waals surface area contributed by atoms with Gasteiger partial charge in [-0.05, 0) is 42.8 Å². The van der Waals surface area contributed by atoms with Crippen LogP contribution in [0.4, 0.5) is 5.69 Å². The van der Waals surface area contributed by atoms with Crippen LogP contribution in [0, 0.1) is 5.92 Å². The van der Waals surface area contributed by atoms with Crippen LogP contribution in [-0.4, -0.2) is 41.6 Å². The number of carbonyl (C=O) groups excluding carboxylic acids is 2. The normalized spacial score (nSPS) is 20.9. The summed E-state index contributed by atoms with van der Waals surface area (Å²) in [7, 11) is 0. The maximum Gasteiger partial charge on any atom is 0.263 e. The summed E-state index contributed by atoms with van der Waals surface area (Å²) in [5.41, 5.74) is 1.05. The summed E-state index contributed by atoms with van der Waals surface area (Å²) in [4.78, 5) is 31.7. The molecule has 2 aliphatic heterocycles. The van der Waals surface area contributed by atoms with Crippen LogP contribution >= 0.6 is 23.1 Å². The summed E-state index contributed by atoms with van der Waals surface area (Å²) in [6.07, 6.45) is 2.50. The van der Waals surface area contributed by atoms with E-state index in [2.05, 4.69) is 19.1 Å². The Labute approximate surface area is 168 Å². The van der Waals surface area contributed by atoms with Crippen LogP contribution in [-0.2, 0) is 4.79 Å². The molecule has 1 fully saturated rings. The SMILES string of the molecule is CC1CCN(C(=O)C2CCN(C(=O)c3cccs3)CC2)c2ccccc2S1. The maximum absolute atomic E-state index is 13.3. The van der Waals surface area contributed by atoms with Gasteiger partial charge in [0.25, 0.3) is 5.91 Å². The molecule has 1 aromatic heterocycles. The van der Waals surface area contributed by atoms with Gasteiger partial charge in [0.15, 0.2) is 0 Å². The number of likely N-dealkylation sites (tertiary alicyclic amines) is 1. The van der Waals surface area contributed by atoms with Gasteiger partial charge >= 0.3 is 0 Å². The molecule has 1 saturated heterocycles. The van der Waals surface area contributed by atoms with Crippen molar-refractivity contribution in [3.8, 4) is 0 Å². The molecule has 2 amide bonds. The molecule has 1 aromatic carbocycles. The van der Waals surface area contributed by atoms with Crippen molar-refractivity contribution in [3.05, 3.63) is 46.7 Å². The lowest BCUT2D eigenvalue weighted by molar-refractivity contribution is -0.123. The number of thiophene rings is 1. The number of rotatable bonds is 2. The Kier molecular flexibility index (Phi) is 5.55. The Morgan fingerprint density at radius 3 is 2.52 bits per heavy atom. The van der Waals surface area contributed by atoms with Crippen LogP contribution in [0.1, 0.15) is 35.9 Å². The van der Waals surface area contributed by atoms with Gasteiger partial charge in [0.1, 0.15) is 0 Å². The Morgan fingerprint density at radius 2 is 1.78 bits per heavy atom. The van der Waals surface area contributed by atoms with E-state index in [1.807, 2.05) is 51.2 Å². The summed E-state index contributed by atoms with van der Waals surface area (Å²) in [6.45, 7) is 4.32. The predicted molar refractivity (Wildman–Crippen MR) is 112 cm³/mol. The first-order valence-electron chi connectivity index (χ1n) is 9.53. The fourth-order valence-electron chi connectivity index (χ4n) is 3.82. The van der Waals surface area contributed by atoms with Crippen molar-refractivity contribution in [2.45, 2.75) is 36.3 Å². The molecule has 142 valence electrons. The van der Waals surface area contributed by atoms with Gasteiger partial charge in [0, 0.05) is 35.7 Å². The first-order valence-corrected chi connectivity index (χ1v) is 11.3. The first-order chi connectivity index (χ1) is 13.1. The molecule has 0 radical (unpaired) electrons. The average molecular weight is 401 g/mol. The molecule has 3 heterocycles. The number of piperidine rings is 1. The van der Waals surface area contributed by atoms with Crippen molar-refractivity contribution < 1.29 is 9.59 Å². The lowest BCUT2D eigenvalue weighted by Gasteiger charge is -2.34. The molecule has 0 aliphatic carbocycles. The van der Waals surface area contributed by atoms with E-state index in [1.54, 1.807) is 0 Å². The van der Waals surface area contributed by atoms with Crippen molar-refractivity contribution in [3.63, 3.8) is 0 Å². The zero-order chi connectivity index (χ0) is 18.8. The number of thioether (sulfide) groups is 1. The topological polar surface area (TPSA) is 40.6 Å². The van der Waals surface area contributed by atoms with Gasteiger partial charge in [0.2, 0.25) is 5.91 Å². The third kappa shape index (κ3) is 3.92. The zero-order valence-corrected chi connectivity index (χ0v) is 17.1. The van der Waals surface area contributed by atoms with E-state index in [4.69, 9.17) is 0 Å². The fourth-order valence-corrected chi connectivity index (χ4v) is 5.63. The number of hydrogen-bond donors (Lipinski definition) is 0. The first kappa shape index (κ1) is 18.6. The maximum atomic E-state index is 13.3. The standard InChI is InChI=1S/C21H24N2O2S2/c1-15-8-13-23(17-5-2-3-6-18(17)27-15)20(24)16-9-11-22(12-10-16)21(25)19-7-4-14-26-19/h2-7,14-16H,8-13H2,1H3. The molecule has 1 atom stereocenters. The fraction of sp³-hybridized carbons (Fsp3) is 0.429. The number of amides is 2. The second-order valence-electron chi connectivity index (χ2n) is 7.22. The highest BCUT2D eigenvalue weighted by Crippen LogP contribution is 2.38. The molecule has 0 saturated carbocycles. The van der Waals surface area contributed by atoms with E-state index in [0.717, 1.165) is 36.4 Å². The highest BCUT2D eigenvalue weighted by molar-refractivity contribution is 8.00. The molecule has 2 aromatic rings. The number of hydrogen-bond acceptors (Lipinski definition) is 4. The lowest BCUT2D eigenvalue weighted by Crippen LogP contribution is -2.44. The second-order valence-corrected chi connectivity index (χ2v) is 9.65. The third-order valence-electron chi connectivity index (χ3n) is 5.37. The van der Waals surface area contributed by atoms with Crippen LogP contribution in [0.2, 0.25) is 0 Å². The zero-order valence-electron chi connectivity index (χ0n) is 15.5. The highest BCUT2D eigenvalue weighted by atomic mass is 32.2. The van der Waals surface area contributed by atoms with Gasteiger partial charge < -0.3 is 9.80 Å². The Morgan fingerprint density at radius 1 is 1.00 bits per heavy atom. The van der Waals surface area contributed by atoms with Crippen molar-refractivity contribution in [1.29, 1.82) is 0 Å². The van der Waals surface area contributed by atoms with E-state index < -0.39 is 0 Å². The number of fused-ring (bicyclic) bond motifs is 1. The molecular formula is C21H24N2O2S2. The number of anilines is 1.